The van der Waals surface area contributed by atoms with Gasteiger partial charge in [-0.05, 0) is 18.8 Å². The molecule has 0 spiro atoms. The zero-order valence-corrected chi connectivity index (χ0v) is 14.6. The van der Waals surface area contributed by atoms with Crippen molar-refractivity contribution in [2.75, 3.05) is 32.6 Å². The van der Waals surface area contributed by atoms with E-state index >= 15 is 0 Å². The summed E-state index contributed by atoms with van der Waals surface area (Å²) < 4.78 is 12.6. The first-order chi connectivity index (χ1) is 12.2. The van der Waals surface area contributed by atoms with Gasteiger partial charge in [0, 0.05) is 55.9 Å². The van der Waals surface area contributed by atoms with Gasteiger partial charge >= 0.3 is 6.03 Å². The maximum absolute atomic E-state index is 12.5. The number of hydrogen-bond acceptors (Lipinski definition) is 4. The largest absolute Gasteiger partial charge is 0.497 e. The van der Waals surface area contributed by atoms with Crippen molar-refractivity contribution in [1.82, 2.24) is 14.5 Å². The van der Waals surface area contributed by atoms with Crippen LogP contribution in [0.15, 0.2) is 36.9 Å². The second kappa shape index (κ2) is 7.92. The quantitative estimate of drug-likeness (QED) is 0.905. The number of methoxy groups -OCH3 is 2. The average molecular weight is 344 g/mol. The normalized spacial score (nSPS) is 15.0. The number of nitrogens with zero attached hydrogens (tertiary/aromatic N) is 3. The molecular weight excluding hydrogens is 320 g/mol. The molecule has 0 atom stereocenters. The molecule has 0 unspecified atom stereocenters. The van der Waals surface area contributed by atoms with E-state index in [1.165, 1.54) is 0 Å². The molecule has 2 aromatic rings. The van der Waals surface area contributed by atoms with E-state index in [4.69, 9.17) is 9.47 Å². The molecule has 0 bridgehead atoms. The fraction of sp³-hybridized carbons (Fsp3) is 0.444. The van der Waals surface area contributed by atoms with E-state index in [0.29, 0.717) is 23.1 Å². The summed E-state index contributed by atoms with van der Waals surface area (Å²) >= 11 is 0. The average Bonchev–Trinajstić information content (AvgIpc) is 3.15. The van der Waals surface area contributed by atoms with Crippen LogP contribution in [0.4, 0.5) is 10.5 Å². The third kappa shape index (κ3) is 4.43. The van der Waals surface area contributed by atoms with Gasteiger partial charge in [0.1, 0.15) is 11.5 Å². The Bertz CT molecular complexity index is 672. The number of aromatic nitrogens is 2. The topological polar surface area (TPSA) is 68.6 Å². The molecule has 25 heavy (non-hydrogen) atoms. The standard InChI is InChI=1S/C18H24N4O3/c1-24-16-9-15(10-17(11-16)25-2)20-18(23)22-6-3-14(4-7-22)12-21-8-5-19-13-21/h5,8-11,13-14H,3-4,6-7,12H2,1-2H3,(H,20,23). The lowest BCUT2D eigenvalue weighted by atomic mass is 9.97. The fourth-order valence-corrected chi connectivity index (χ4v) is 3.09. The molecule has 2 amide bonds. The SMILES string of the molecule is COc1cc(NC(=O)N2CCC(Cn3ccnc3)CC2)cc(OC)c1. The summed E-state index contributed by atoms with van der Waals surface area (Å²) in [5.74, 6) is 1.87. The minimum atomic E-state index is -0.0867. The molecule has 7 heteroatoms. The van der Waals surface area contributed by atoms with E-state index in [0.717, 1.165) is 32.5 Å². The molecule has 1 saturated heterocycles. The van der Waals surface area contributed by atoms with Gasteiger partial charge in [0.25, 0.3) is 0 Å². The van der Waals surface area contributed by atoms with Crippen LogP contribution in [0.3, 0.4) is 0 Å². The molecule has 0 radical (unpaired) electrons. The lowest BCUT2D eigenvalue weighted by molar-refractivity contribution is 0.177. The first-order valence-corrected chi connectivity index (χ1v) is 8.42. The third-order valence-electron chi connectivity index (χ3n) is 4.53. The van der Waals surface area contributed by atoms with Crippen LogP contribution in [-0.2, 0) is 6.54 Å². The number of amides is 2. The van der Waals surface area contributed by atoms with E-state index in [1.807, 2.05) is 17.4 Å². The highest BCUT2D eigenvalue weighted by molar-refractivity contribution is 5.89. The number of imidazole rings is 1. The molecule has 134 valence electrons. The van der Waals surface area contributed by atoms with Gasteiger partial charge in [0.15, 0.2) is 0 Å². The van der Waals surface area contributed by atoms with Crippen LogP contribution in [-0.4, -0.2) is 47.8 Å². The van der Waals surface area contributed by atoms with E-state index in [9.17, 15) is 4.79 Å². The van der Waals surface area contributed by atoms with Crippen molar-refractivity contribution in [3.8, 4) is 11.5 Å². The Morgan fingerprint density at radius 3 is 2.44 bits per heavy atom. The number of carbonyl (C=O) groups is 1. The second-order valence-corrected chi connectivity index (χ2v) is 6.22. The number of anilines is 1. The molecule has 1 aromatic carbocycles. The highest BCUT2D eigenvalue weighted by Gasteiger charge is 2.23. The summed E-state index contributed by atoms with van der Waals surface area (Å²) in [7, 11) is 3.18. The summed E-state index contributed by atoms with van der Waals surface area (Å²) in [5, 5.41) is 2.93. The lowest BCUT2D eigenvalue weighted by Gasteiger charge is -2.32. The van der Waals surface area contributed by atoms with Crippen molar-refractivity contribution in [2.24, 2.45) is 5.92 Å². The molecule has 7 nitrogen and oxygen atoms in total. The third-order valence-corrected chi connectivity index (χ3v) is 4.53. The summed E-state index contributed by atoms with van der Waals surface area (Å²) in [5.41, 5.74) is 0.668. The summed E-state index contributed by atoms with van der Waals surface area (Å²) in [4.78, 5) is 18.4. The van der Waals surface area contributed by atoms with Crippen LogP contribution in [0.25, 0.3) is 0 Å². The van der Waals surface area contributed by atoms with Crippen molar-refractivity contribution in [3.05, 3.63) is 36.9 Å². The highest BCUT2D eigenvalue weighted by Crippen LogP contribution is 2.26. The number of ether oxygens (including phenoxy) is 2. The van der Waals surface area contributed by atoms with Crippen molar-refractivity contribution < 1.29 is 14.3 Å². The molecule has 2 heterocycles. The Balaban J connectivity index is 1.54. The first kappa shape index (κ1) is 17.1. The van der Waals surface area contributed by atoms with E-state index < -0.39 is 0 Å². The van der Waals surface area contributed by atoms with Crippen LogP contribution >= 0.6 is 0 Å². The molecule has 0 saturated carbocycles. The van der Waals surface area contributed by atoms with Gasteiger partial charge in [-0.25, -0.2) is 9.78 Å². The van der Waals surface area contributed by atoms with Crippen LogP contribution in [0.5, 0.6) is 11.5 Å². The lowest BCUT2D eigenvalue weighted by Crippen LogP contribution is -2.41. The van der Waals surface area contributed by atoms with Gasteiger partial charge in [-0.15, -0.1) is 0 Å². The molecule has 1 aliphatic rings. The summed E-state index contributed by atoms with van der Waals surface area (Å²) in [6.45, 7) is 2.47. The molecule has 3 rings (SSSR count). The van der Waals surface area contributed by atoms with Crippen LogP contribution < -0.4 is 14.8 Å². The molecule has 0 aliphatic carbocycles. The number of carbonyl (C=O) groups excluding carboxylic acids is 1. The Labute approximate surface area is 147 Å². The monoisotopic (exact) mass is 344 g/mol. The van der Waals surface area contributed by atoms with Gasteiger partial charge in [0.2, 0.25) is 0 Å². The van der Waals surface area contributed by atoms with Crippen molar-refractivity contribution in [3.63, 3.8) is 0 Å². The number of urea groups is 1. The molecule has 1 fully saturated rings. The number of hydrogen-bond donors (Lipinski definition) is 1. The predicted molar refractivity (Wildman–Crippen MR) is 95.1 cm³/mol. The van der Waals surface area contributed by atoms with Crippen LogP contribution in [0.2, 0.25) is 0 Å². The number of likely N-dealkylation sites (tertiary alicyclic amines) is 1. The number of piperidine rings is 1. The number of benzene rings is 1. The zero-order chi connectivity index (χ0) is 17.6. The second-order valence-electron chi connectivity index (χ2n) is 6.22. The Morgan fingerprint density at radius 2 is 1.88 bits per heavy atom. The summed E-state index contributed by atoms with van der Waals surface area (Å²) in [6.07, 6.45) is 7.61. The van der Waals surface area contributed by atoms with Gasteiger partial charge in [-0.2, -0.15) is 0 Å². The van der Waals surface area contributed by atoms with Crippen LogP contribution in [0.1, 0.15) is 12.8 Å². The first-order valence-electron chi connectivity index (χ1n) is 8.42. The van der Waals surface area contributed by atoms with Crippen molar-refractivity contribution in [1.29, 1.82) is 0 Å². The molecule has 1 aliphatic heterocycles. The summed E-state index contributed by atoms with van der Waals surface area (Å²) in [6, 6.07) is 5.26. The maximum Gasteiger partial charge on any atom is 0.321 e. The van der Waals surface area contributed by atoms with Crippen molar-refractivity contribution in [2.45, 2.75) is 19.4 Å². The van der Waals surface area contributed by atoms with Gasteiger partial charge in [0.05, 0.1) is 20.5 Å². The zero-order valence-electron chi connectivity index (χ0n) is 14.6. The van der Waals surface area contributed by atoms with Gasteiger partial charge in [-0.1, -0.05) is 0 Å². The molecule has 1 aromatic heterocycles. The Morgan fingerprint density at radius 1 is 1.20 bits per heavy atom. The predicted octanol–water partition coefficient (Wildman–Crippen LogP) is 2.84. The minimum absolute atomic E-state index is 0.0867. The van der Waals surface area contributed by atoms with E-state index in [-0.39, 0.29) is 6.03 Å². The van der Waals surface area contributed by atoms with E-state index in [2.05, 4.69) is 14.9 Å². The number of nitrogens with one attached hydrogen (secondary N) is 1. The fourth-order valence-electron chi connectivity index (χ4n) is 3.09. The smallest absolute Gasteiger partial charge is 0.321 e. The maximum atomic E-state index is 12.5. The van der Waals surface area contributed by atoms with Gasteiger partial charge in [-0.3, -0.25) is 0 Å². The molecule has 1 N–H and O–H groups in total. The van der Waals surface area contributed by atoms with Crippen LogP contribution in [0, 0.1) is 5.92 Å². The van der Waals surface area contributed by atoms with Gasteiger partial charge < -0.3 is 24.3 Å². The van der Waals surface area contributed by atoms with Crippen molar-refractivity contribution >= 4 is 11.7 Å². The number of rotatable bonds is 5. The molecular formula is C18H24N4O3. The Kier molecular flexibility index (Phi) is 5.42. The highest BCUT2D eigenvalue weighted by atomic mass is 16.5. The van der Waals surface area contributed by atoms with E-state index in [1.54, 1.807) is 38.6 Å². The minimum Gasteiger partial charge on any atom is -0.497 e. The Hall–Kier alpha value is -2.70.